The van der Waals surface area contributed by atoms with Crippen molar-refractivity contribution in [2.45, 2.75) is 26.2 Å². The quantitative estimate of drug-likeness (QED) is 0.186. The Morgan fingerprint density at radius 2 is 1.76 bits per heavy atom. The van der Waals surface area contributed by atoms with Crippen molar-refractivity contribution in [3.8, 4) is 5.69 Å². The van der Waals surface area contributed by atoms with Crippen LogP contribution in [0.25, 0.3) is 5.69 Å². The third kappa shape index (κ3) is 10.6. The second-order valence-electron chi connectivity index (χ2n) is 6.38. The highest BCUT2D eigenvalue weighted by atomic mass is 127. The van der Waals surface area contributed by atoms with Gasteiger partial charge in [0.05, 0.1) is 31.7 Å². The zero-order chi connectivity index (χ0) is 19.9. The van der Waals surface area contributed by atoms with Crippen LogP contribution in [0.1, 0.15) is 25.3 Å². The van der Waals surface area contributed by atoms with E-state index in [1.165, 1.54) is 5.56 Å². The molecule has 0 spiro atoms. The molecule has 0 atom stereocenters. The highest BCUT2D eigenvalue weighted by Gasteiger charge is 2.02. The Bertz CT molecular complexity index is 679. The largest absolute Gasteiger partial charge is 0.379 e. The molecule has 2 N–H and O–H groups in total. The van der Waals surface area contributed by atoms with Gasteiger partial charge in [-0.15, -0.1) is 24.0 Å². The molecule has 0 unspecified atom stereocenters. The highest BCUT2D eigenvalue weighted by molar-refractivity contribution is 14.0. The van der Waals surface area contributed by atoms with Crippen LogP contribution in [0.2, 0.25) is 0 Å². The Kier molecular flexibility index (Phi) is 14.2. The van der Waals surface area contributed by atoms with Gasteiger partial charge in [0.15, 0.2) is 5.96 Å². The standard InChI is InChI=1S/C21H33N5O2.HI/c1-3-4-13-27-15-16-28-14-12-24-21(22-2)23-11-10-19-17-25-26(18-19)20-8-6-5-7-9-20;/h5-9,17-18H,3-4,10-16H2,1-2H3,(H2,22,23,24);1H. The smallest absolute Gasteiger partial charge is 0.191 e. The van der Waals surface area contributed by atoms with Crippen molar-refractivity contribution < 1.29 is 9.47 Å². The molecule has 0 saturated heterocycles. The van der Waals surface area contributed by atoms with Crippen LogP contribution in [0.5, 0.6) is 0 Å². The summed E-state index contributed by atoms with van der Waals surface area (Å²) in [6, 6.07) is 10.1. The van der Waals surface area contributed by atoms with Gasteiger partial charge in [0.2, 0.25) is 0 Å². The fourth-order valence-corrected chi connectivity index (χ4v) is 2.57. The van der Waals surface area contributed by atoms with Gasteiger partial charge in [-0.2, -0.15) is 5.10 Å². The number of ether oxygens (including phenoxy) is 2. The summed E-state index contributed by atoms with van der Waals surface area (Å²) in [5, 5.41) is 11.0. The number of aliphatic imine (C=N–C) groups is 1. The van der Waals surface area contributed by atoms with Crippen molar-refractivity contribution >= 4 is 29.9 Å². The Labute approximate surface area is 191 Å². The minimum absolute atomic E-state index is 0. The minimum atomic E-state index is 0. The lowest BCUT2D eigenvalue weighted by atomic mass is 10.2. The molecule has 0 aliphatic heterocycles. The summed E-state index contributed by atoms with van der Waals surface area (Å²) < 4.78 is 12.9. The fraction of sp³-hybridized carbons (Fsp3) is 0.524. The molecule has 0 aliphatic carbocycles. The topological polar surface area (TPSA) is 72.7 Å². The molecule has 2 rings (SSSR count). The van der Waals surface area contributed by atoms with E-state index in [0.717, 1.165) is 44.1 Å². The SMILES string of the molecule is CCCCOCCOCCNC(=NC)NCCc1cnn(-c2ccccc2)c1.I. The third-order valence-corrected chi connectivity index (χ3v) is 4.14. The summed E-state index contributed by atoms with van der Waals surface area (Å²) in [5.74, 6) is 0.776. The van der Waals surface area contributed by atoms with Crippen molar-refractivity contribution in [1.82, 2.24) is 20.4 Å². The number of aromatic nitrogens is 2. The van der Waals surface area contributed by atoms with E-state index in [2.05, 4.69) is 33.8 Å². The van der Waals surface area contributed by atoms with Crippen molar-refractivity contribution in [2.75, 3.05) is 46.6 Å². The van der Waals surface area contributed by atoms with Crippen LogP contribution in [0.15, 0.2) is 47.7 Å². The summed E-state index contributed by atoms with van der Waals surface area (Å²) >= 11 is 0. The van der Waals surface area contributed by atoms with E-state index in [4.69, 9.17) is 9.47 Å². The highest BCUT2D eigenvalue weighted by Crippen LogP contribution is 2.07. The van der Waals surface area contributed by atoms with E-state index in [9.17, 15) is 0 Å². The Morgan fingerprint density at radius 3 is 2.48 bits per heavy atom. The molecule has 29 heavy (non-hydrogen) atoms. The molecule has 1 aromatic heterocycles. The van der Waals surface area contributed by atoms with Gasteiger partial charge in [-0.25, -0.2) is 4.68 Å². The number of halogens is 1. The molecule has 0 fully saturated rings. The lowest BCUT2D eigenvalue weighted by Crippen LogP contribution is -2.39. The van der Waals surface area contributed by atoms with Crippen LogP contribution < -0.4 is 10.6 Å². The van der Waals surface area contributed by atoms with Crippen LogP contribution in [0.4, 0.5) is 0 Å². The van der Waals surface area contributed by atoms with E-state index >= 15 is 0 Å². The number of rotatable bonds is 13. The predicted octanol–water partition coefficient (Wildman–Crippen LogP) is 3.03. The summed E-state index contributed by atoms with van der Waals surface area (Å²) in [6.07, 6.45) is 7.10. The second-order valence-corrected chi connectivity index (χ2v) is 6.38. The van der Waals surface area contributed by atoms with Gasteiger partial charge in [0, 0.05) is 32.9 Å². The van der Waals surface area contributed by atoms with Gasteiger partial charge in [0.25, 0.3) is 0 Å². The van der Waals surface area contributed by atoms with Crippen molar-refractivity contribution in [2.24, 2.45) is 4.99 Å². The molecule has 8 heteroatoms. The number of nitrogens with one attached hydrogen (secondary N) is 2. The van der Waals surface area contributed by atoms with Crippen LogP contribution in [-0.4, -0.2) is 62.3 Å². The van der Waals surface area contributed by atoms with E-state index in [-0.39, 0.29) is 24.0 Å². The molecule has 1 aromatic carbocycles. The lowest BCUT2D eigenvalue weighted by Gasteiger charge is -2.11. The molecule has 2 aromatic rings. The molecule has 0 amide bonds. The maximum absolute atomic E-state index is 5.55. The number of nitrogens with zero attached hydrogens (tertiary/aromatic N) is 3. The van der Waals surface area contributed by atoms with E-state index < -0.39 is 0 Å². The van der Waals surface area contributed by atoms with Crippen LogP contribution in [0.3, 0.4) is 0 Å². The summed E-state index contributed by atoms with van der Waals surface area (Å²) in [7, 11) is 1.77. The number of hydrogen-bond donors (Lipinski definition) is 2. The molecule has 0 radical (unpaired) electrons. The first kappa shape index (κ1) is 25.4. The number of para-hydroxylation sites is 1. The van der Waals surface area contributed by atoms with Crippen molar-refractivity contribution in [1.29, 1.82) is 0 Å². The fourth-order valence-electron chi connectivity index (χ4n) is 2.57. The van der Waals surface area contributed by atoms with Gasteiger partial charge < -0.3 is 20.1 Å². The monoisotopic (exact) mass is 515 g/mol. The predicted molar refractivity (Wildman–Crippen MR) is 129 cm³/mol. The molecule has 7 nitrogen and oxygen atoms in total. The second kappa shape index (κ2) is 16.2. The first-order chi connectivity index (χ1) is 13.8. The summed E-state index contributed by atoms with van der Waals surface area (Å²) in [6.45, 7) is 6.38. The molecule has 162 valence electrons. The first-order valence-electron chi connectivity index (χ1n) is 10.0. The third-order valence-electron chi connectivity index (χ3n) is 4.14. The molecular weight excluding hydrogens is 481 g/mol. The molecule has 0 bridgehead atoms. The van der Waals surface area contributed by atoms with Gasteiger partial charge in [-0.05, 0) is 30.5 Å². The maximum atomic E-state index is 5.55. The summed E-state index contributed by atoms with van der Waals surface area (Å²) in [5.41, 5.74) is 2.24. The van der Waals surface area contributed by atoms with Crippen LogP contribution >= 0.6 is 24.0 Å². The van der Waals surface area contributed by atoms with Crippen molar-refractivity contribution in [3.05, 3.63) is 48.3 Å². The number of hydrogen-bond acceptors (Lipinski definition) is 4. The minimum Gasteiger partial charge on any atom is -0.379 e. The van der Waals surface area contributed by atoms with Gasteiger partial charge in [-0.1, -0.05) is 31.5 Å². The Balaban J connectivity index is 0.00000420. The van der Waals surface area contributed by atoms with E-state index in [1.807, 2.05) is 41.2 Å². The average Bonchev–Trinajstić information content (AvgIpc) is 3.21. The Hall–Kier alpha value is -1.65. The number of guanidine groups is 1. The molecule has 0 saturated carbocycles. The average molecular weight is 515 g/mol. The zero-order valence-electron chi connectivity index (χ0n) is 17.5. The molecule has 1 heterocycles. The Morgan fingerprint density at radius 1 is 1.03 bits per heavy atom. The molecule has 0 aliphatic rings. The van der Waals surface area contributed by atoms with Gasteiger partial charge in [-0.3, -0.25) is 4.99 Å². The van der Waals surface area contributed by atoms with Crippen LogP contribution in [-0.2, 0) is 15.9 Å². The van der Waals surface area contributed by atoms with Gasteiger partial charge in [0.1, 0.15) is 0 Å². The van der Waals surface area contributed by atoms with E-state index in [0.29, 0.717) is 26.4 Å². The maximum Gasteiger partial charge on any atom is 0.191 e. The van der Waals surface area contributed by atoms with Crippen molar-refractivity contribution in [3.63, 3.8) is 0 Å². The lowest BCUT2D eigenvalue weighted by molar-refractivity contribution is 0.0487. The zero-order valence-corrected chi connectivity index (χ0v) is 19.8. The first-order valence-corrected chi connectivity index (χ1v) is 10.0. The van der Waals surface area contributed by atoms with Crippen LogP contribution in [0, 0.1) is 0 Å². The summed E-state index contributed by atoms with van der Waals surface area (Å²) in [4.78, 5) is 4.23. The van der Waals surface area contributed by atoms with E-state index in [1.54, 1.807) is 7.05 Å². The number of unbranched alkanes of at least 4 members (excludes halogenated alkanes) is 1. The normalized spacial score (nSPS) is 11.2. The number of benzene rings is 1. The van der Waals surface area contributed by atoms with Gasteiger partial charge >= 0.3 is 0 Å². The molecular formula is C21H34IN5O2.